The third-order valence-corrected chi connectivity index (χ3v) is 7.61. The lowest BCUT2D eigenvalue weighted by Crippen LogP contribution is -2.49. The molecule has 10 heteroatoms. The molecule has 2 aliphatic rings. The highest BCUT2D eigenvalue weighted by Gasteiger charge is 2.28. The molecule has 0 spiro atoms. The molecular formula is C24H28FN3O5S. The van der Waals surface area contributed by atoms with E-state index in [-0.39, 0.29) is 22.1 Å². The van der Waals surface area contributed by atoms with Crippen LogP contribution in [0.2, 0.25) is 0 Å². The summed E-state index contributed by atoms with van der Waals surface area (Å²) in [5.41, 5.74) is 0.889. The Morgan fingerprint density at radius 2 is 1.79 bits per heavy atom. The molecule has 8 nitrogen and oxygen atoms in total. The summed E-state index contributed by atoms with van der Waals surface area (Å²) >= 11 is 0. The van der Waals surface area contributed by atoms with Gasteiger partial charge in [-0.25, -0.2) is 17.5 Å². The van der Waals surface area contributed by atoms with Gasteiger partial charge in [0.2, 0.25) is 10.0 Å². The fourth-order valence-corrected chi connectivity index (χ4v) is 4.64. The molecule has 4 rings (SSSR count). The van der Waals surface area contributed by atoms with Crippen LogP contribution in [-0.4, -0.2) is 64.8 Å². The number of sulfonamides is 1. The summed E-state index contributed by atoms with van der Waals surface area (Å²) in [6, 6.07) is 8.71. The minimum absolute atomic E-state index is 0.0107. The highest BCUT2D eigenvalue weighted by atomic mass is 32.2. The van der Waals surface area contributed by atoms with E-state index >= 15 is 0 Å². The largest absolute Gasteiger partial charge is 0.492 e. The van der Waals surface area contributed by atoms with Crippen molar-refractivity contribution in [1.29, 1.82) is 0 Å². The molecule has 2 fully saturated rings. The fourth-order valence-electron chi connectivity index (χ4n) is 3.88. The van der Waals surface area contributed by atoms with Crippen molar-refractivity contribution in [2.24, 2.45) is 5.92 Å². The van der Waals surface area contributed by atoms with Crippen molar-refractivity contribution in [3.05, 3.63) is 53.3 Å². The van der Waals surface area contributed by atoms with Gasteiger partial charge in [-0.2, -0.15) is 0 Å². The van der Waals surface area contributed by atoms with Gasteiger partial charge < -0.3 is 14.5 Å². The number of benzene rings is 2. The van der Waals surface area contributed by atoms with E-state index < -0.39 is 15.8 Å². The van der Waals surface area contributed by atoms with Gasteiger partial charge in [0, 0.05) is 31.7 Å². The Morgan fingerprint density at radius 3 is 2.38 bits per heavy atom. The first-order valence-corrected chi connectivity index (χ1v) is 12.7. The molecule has 0 bridgehead atoms. The number of piperazine rings is 1. The molecule has 0 radical (unpaired) electrons. The Balaban J connectivity index is 1.51. The summed E-state index contributed by atoms with van der Waals surface area (Å²) in [5.74, 6) is -0.181. The Bertz CT molecular complexity index is 1210. The van der Waals surface area contributed by atoms with Crippen LogP contribution >= 0.6 is 0 Å². The topological polar surface area (TPSA) is 96.0 Å². The van der Waals surface area contributed by atoms with Crippen molar-refractivity contribution >= 4 is 27.4 Å². The molecule has 1 amide bonds. The molecule has 1 heterocycles. The first-order valence-electron chi connectivity index (χ1n) is 11.2. The zero-order valence-corrected chi connectivity index (χ0v) is 20.0. The molecule has 1 aliphatic heterocycles. The average molecular weight is 490 g/mol. The van der Waals surface area contributed by atoms with Crippen molar-refractivity contribution in [3.8, 4) is 5.75 Å². The number of hydrogen-bond acceptors (Lipinski definition) is 6. The molecule has 0 unspecified atom stereocenters. The number of halogens is 1. The Kier molecular flexibility index (Phi) is 6.90. The van der Waals surface area contributed by atoms with Gasteiger partial charge in [-0.15, -0.1) is 0 Å². The molecule has 0 aromatic heterocycles. The van der Waals surface area contributed by atoms with E-state index in [0.717, 1.165) is 12.8 Å². The Hall–Kier alpha value is -2.98. The van der Waals surface area contributed by atoms with E-state index in [2.05, 4.69) is 4.72 Å². The molecule has 182 valence electrons. The van der Waals surface area contributed by atoms with Gasteiger partial charge >= 0.3 is 0 Å². The quantitative estimate of drug-likeness (QED) is 0.573. The average Bonchev–Trinajstić information content (AvgIpc) is 3.67. The number of hydrogen-bond donors (Lipinski definition) is 1. The number of ether oxygens (including phenoxy) is 1. The van der Waals surface area contributed by atoms with Gasteiger partial charge in [0.15, 0.2) is 5.78 Å². The van der Waals surface area contributed by atoms with Crippen LogP contribution in [0.4, 0.5) is 10.1 Å². The zero-order valence-electron chi connectivity index (χ0n) is 19.2. The molecule has 0 atom stereocenters. The number of Topliss-reactive ketones (excluding diaryl/α,β-unsaturated/α-hetero) is 1. The summed E-state index contributed by atoms with van der Waals surface area (Å²) in [5, 5.41) is 0. The second kappa shape index (κ2) is 9.71. The molecule has 2 aromatic carbocycles. The molecule has 34 heavy (non-hydrogen) atoms. The number of amides is 1. The van der Waals surface area contributed by atoms with Crippen LogP contribution in [-0.2, 0) is 10.0 Å². The second-order valence-corrected chi connectivity index (χ2v) is 10.5. The van der Waals surface area contributed by atoms with Gasteiger partial charge in [-0.05, 0) is 69.1 Å². The first kappa shape index (κ1) is 24.2. The predicted molar refractivity (Wildman–Crippen MR) is 125 cm³/mol. The number of carbonyl (C=O) groups excluding carboxylic acids is 2. The molecule has 1 saturated carbocycles. The van der Waals surface area contributed by atoms with Crippen LogP contribution in [0.1, 0.15) is 40.5 Å². The van der Waals surface area contributed by atoms with Crippen molar-refractivity contribution in [3.63, 3.8) is 0 Å². The monoisotopic (exact) mass is 489 g/mol. The van der Waals surface area contributed by atoms with Crippen LogP contribution in [0.25, 0.3) is 0 Å². The Morgan fingerprint density at radius 1 is 1.09 bits per heavy atom. The molecule has 1 saturated heterocycles. The van der Waals surface area contributed by atoms with Crippen LogP contribution < -0.4 is 14.4 Å². The van der Waals surface area contributed by atoms with Crippen LogP contribution in [0, 0.1) is 11.7 Å². The number of rotatable bonds is 8. The third kappa shape index (κ3) is 5.23. The lowest BCUT2D eigenvalue weighted by atomic mass is 10.1. The second-order valence-electron chi connectivity index (χ2n) is 8.62. The van der Waals surface area contributed by atoms with E-state index in [4.69, 9.17) is 4.74 Å². The van der Waals surface area contributed by atoms with E-state index in [0.29, 0.717) is 55.7 Å². The van der Waals surface area contributed by atoms with Crippen LogP contribution in [0.3, 0.4) is 0 Å². The van der Waals surface area contributed by atoms with Crippen molar-refractivity contribution < 1.29 is 27.1 Å². The maximum absolute atomic E-state index is 14.6. The minimum atomic E-state index is -3.73. The van der Waals surface area contributed by atoms with Crippen LogP contribution in [0.5, 0.6) is 5.75 Å². The SMILES string of the molecule is CNS(=O)(=O)c1ccc(OCC2CC2)c(C(=O)N2CCN(c3ccc(C(C)=O)cc3F)CC2)c1. The number of nitrogens with zero attached hydrogens (tertiary/aromatic N) is 2. The highest BCUT2D eigenvalue weighted by Crippen LogP contribution is 2.32. The summed E-state index contributed by atoms with van der Waals surface area (Å²) in [6.45, 7) is 3.33. The van der Waals surface area contributed by atoms with Gasteiger partial charge in [-0.3, -0.25) is 9.59 Å². The summed E-state index contributed by atoms with van der Waals surface area (Å²) < 4.78 is 47.3. The maximum Gasteiger partial charge on any atom is 0.257 e. The predicted octanol–water partition coefficient (Wildman–Crippen LogP) is 2.69. The summed E-state index contributed by atoms with van der Waals surface area (Å²) in [4.78, 5) is 28.3. The lowest BCUT2D eigenvalue weighted by molar-refractivity contribution is 0.0741. The number of anilines is 1. The van der Waals surface area contributed by atoms with E-state index in [1.54, 1.807) is 17.0 Å². The molecule has 1 N–H and O–H groups in total. The highest BCUT2D eigenvalue weighted by molar-refractivity contribution is 7.89. The van der Waals surface area contributed by atoms with E-state index in [9.17, 15) is 22.4 Å². The fraction of sp³-hybridized carbons (Fsp3) is 0.417. The summed E-state index contributed by atoms with van der Waals surface area (Å²) in [7, 11) is -2.41. The number of ketones is 1. The van der Waals surface area contributed by atoms with Gasteiger partial charge in [0.05, 0.1) is 22.8 Å². The normalized spacial score (nSPS) is 16.4. The zero-order chi connectivity index (χ0) is 24.5. The molecular weight excluding hydrogens is 461 g/mol. The molecule has 2 aromatic rings. The van der Waals surface area contributed by atoms with Gasteiger partial charge in [0.1, 0.15) is 11.6 Å². The van der Waals surface area contributed by atoms with E-state index in [1.165, 1.54) is 38.2 Å². The van der Waals surface area contributed by atoms with Gasteiger partial charge in [-0.1, -0.05) is 0 Å². The smallest absolute Gasteiger partial charge is 0.257 e. The van der Waals surface area contributed by atoms with Gasteiger partial charge in [0.25, 0.3) is 5.91 Å². The maximum atomic E-state index is 14.6. The molecule has 1 aliphatic carbocycles. The number of carbonyl (C=O) groups is 2. The minimum Gasteiger partial charge on any atom is -0.492 e. The first-order chi connectivity index (χ1) is 16.2. The number of nitrogens with one attached hydrogen (secondary N) is 1. The third-order valence-electron chi connectivity index (χ3n) is 6.19. The van der Waals surface area contributed by atoms with Crippen LogP contribution in [0.15, 0.2) is 41.3 Å². The van der Waals surface area contributed by atoms with E-state index in [1.807, 2.05) is 4.90 Å². The van der Waals surface area contributed by atoms with Crippen molar-refractivity contribution in [2.45, 2.75) is 24.7 Å². The standard InChI is InChI=1S/C24H28FN3O5S/c1-16(29)18-5-7-22(21(25)13-18)27-9-11-28(12-10-27)24(30)20-14-19(34(31,32)26-2)6-8-23(20)33-15-17-3-4-17/h5-8,13-14,17,26H,3-4,9-12,15H2,1-2H3. The summed E-state index contributed by atoms with van der Waals surface area (Å²) in [6.07, 6.45) is 2.17. The van der Waals surface area contributed by atoms with Crippen molar-refractivity contribution in [2.75, 3.05) is 44.7 Å². The van der Waals surface area contributed by atoms with Crippen molar-refractivity contribution in [1.82, 2.24) is 9.62 Å². The Labute approximate surface area is 198 Å². The lowest BCUT2D eigenvalue weighted by Gasteiger charge is -2.36.